The van der Waals surface area contributed by atoms with Gasteiger partial charge in [0.15, 0.2) is 0 Å². The van der Waals surface area contributed by atoms with E-state index in [1.54, 1.807) is 13.0 Å². The van der Waals surface area contributed by atoms with Gasteiger partial charge in [0, 0.05) is 24.4 Å². The van der Waals surface area contributed by atoms with Gasteiger partial charge in [-0.15, -0.1) is 11.3 Å². The third kappa shape index (κ3) is 2.61. The second-order valence-electron chi connectivity index (χ2n) is 4.33. The molecule has 1 aromatic rings. The van der Waals surface area contributed by atoms with Crippen LogP contribution in [0.5, 0.6) is 0 Å². The van der Waals surface area contributed by atoms with Crippen molar-refractivity contribution in [1.82, 2.24) is 4.31 Å². The van der Waals surface area contributed by atoms with Crippen molar-refractivity contribution in [3.8, 4) is 0 Å². The van der Waals surface area contributed by atoms with Crippen molar-refractivity contribution in [1.29, 1.82) is 0 Å². The summed E-state index contributed by atoms with van der Waals surface area (Å²) in [6.07, 6.45) is 0.248. The molecule has 0 atom stereocenters. The van der Waals surface area contributed by atoms with Crippen molar-refractivity contribution in [2.24, 2.45) is 11.7 Å². The average Bonchev–Trinajstić information content (AvgIpc) is 2.51. The summed E-state index contributed by atoms with van der Waals surface area (Å²) in [7, 11) is -3.42. The highest BCUT2D eigenvalue weighted by molar-refractivity contribution is 9.11. The first-order valence-corrected chi connectivity index (χ1v) is 8.40. The first-order valence-electron chi connectivity index (χ1n) is 5.35. The molecule has 1 amide bonds. The quantitative estimate of drug-likeness (QED) is 0.886. The molecule has 1 saturated heterocycles. The normalized spacial score (nSPS) is 17.7. The highest BCUT2D eigenvalue weighted by atomic mass is 79.9. The molecule has 0 spiro atoms. The highest BCUT2D eigenvalue weighted by Gasteiger charge is 2.38. The molecule has 18 heavy (non-hydrogen) atoms. The van der Waals surface area contributed by atoms with Crippen LogP contribution in [0.4, 0.5) is 0 Å². The molecule has 0 aliphatic carbocycles. The van der Waals surface area contributed by atoms with Gasteiger partial charge in [-0.3, -0.25) is 4.79 Å². The van der Waals surface area contributed by atoms with Crippen LogP contribution < -0.4 is 5.73 Å². The lowest BCUT2D eigenvalue weighted by Crippen LogP contribution is -2.50. The Balaban J connectivity index is 2.11. The van der Waals surface area contributed by atoms with Crippen molar-refractivity contribution in [2.75, 3.05) is 13.1 Å². The number of thiophene rings is 1. The number of hydrogen-bond donors (Lipinski definition) is 1. The van der Waals surface area contributed by atoms with Crippen molar-refractivity contribution in [2.45, 2.75) is 18.2 Å². The van der Waals surface area contributed by atoms with E-state index in [9.17, 15) is 13.2 Å². The van der Waals surface area contributed by atoms with Gasteiger partial charge in [0.1, 0.15) is 0 Å². The Labute approximate surface area is 118 Å². The summed E-state index contributed by atoms with van der Waals surface area (Å²) in [4.78, 5) is 11.8. The molecule has 1 aromatic heterocycles. The van der Waals surface area contributed by atoms with E-state index in [0.29, 0.717) is 18.0 Å². The minimum atomic E-state index is -3.42. The van der Waals surface area contributed by atoms with E-state index >= 15 is 0 Å². The molecule has 8 heteroatoms. The van der Waals surface area contributed by atoms with Gasteiger partial charge in [-0.1, -0.05) is 0 Å². The average molecular weight is 353 g/mol. The number of amides is 1. The zero-order valence-corrected chi connectivity index (χ0v) is 12.9. The van der Waals surface area contributed by atoms with Crippen LogP contribution in [0.1, 0.15) is 11.3 Å². The molecule has 5 nitrogen and oxygen atoms in total. The zero-order valence-electron chi connectivity index (χ0n) is 9.72. The maximum atomic E-state index is 12.3. The van der Waals surface area contributed by atoms with Gasteiger partial charge in [0.2, 0.25) is 15.9 Å². The molecule has 0 aromatic carbocycles. The van der Waals surface area contributed by atoms with Crippen LogP contribution in [0.25, 0.3) is 0 Å². The van der Waals surface area contributed by atoms with Crippen LogP contribution in [-0.4, -0.2) is 31.7 Å². The van der Waals surface area contributed by atoms with E-state index in [1.807, 2.05) is 0 Å². The Morgan fingerprint density at radius 2 is 2.22 bits per heavy atom. The standard InChI is InChI=1S/C10H13BrN2O3S2/c1-6-8(3-9(11)17-6)18(15,16)13-4-7(5-13)2-10(12)14/h3,7H,2,4-5H2,1H3,(H2,12,14). The van der Waals surface area contributed by atoms with Crippen LogP contribution in [0, 0.1) is 12.8 Å². The highest BCUT2D eigenvalue weighted by Crippen LogP contribution is 2.34. The summed E-state index contributed by atoms with van der Waals surface area (Å²) < 4.78 is 26.7. The van der Waals surface area contributed by atoms with E-state index < -0.39 is 10.0 Å². The Morgan fingerprint density at radius 3 is 2.67 bits per heavy atom. The number of rotatable bonds is 4. The molecular weight excluding hydrogens is 340 g/mol. The van der Waals surface area contributed by atoms with Crippen molar-refractivity contribution < 1.29 is 13.2 Å². The summed E-state index contributed by atoms with van der Waals surface area (Å²) in [5.74, 6) is -0.328. The minimum absolute atomic E-state index is 0.0552. The van der Waals surface area contributed by atoms with Crippen molar-refractivity contribution in [3.63, 3.8) is 0 Å². The first-order chi connectivity index (χ1) is 8.30. The largest absolute Gasteiger partial charge is 0.370 e. The van der Waals surface area contributed by atoms with E-state index in [0.717, 1.165) is 8.66 Å². The number of carbonyl (C=O) groups excluding carboxylic acids is 1. The van der Waals surface area contributed by atoms with E-state index in [-0.39, 0.29) is 18.2 Å². The topological polar surface area (TPSA) is 80.5 Å². The van der Waals surface area contributed by atoms with Gasteiger partial charge >= 0.3 is 0 Å². The molecule has 1 aliphatic heterocycles. The molecule has 100 valence electrons. The van der Waals surface area contributed by atoms with Crippen LogP contribution in [0.2, 0.25) is 0 Å². The molecule has 0 saturated carbocycles. The fraction of sp³-hybridized carbons (Fsp3) is 0.500. The lowest BCUT2D eigenvalue weighted by Gasteiger charge is -2.37. The predicted octanol–water partition coefficient (Wildman–Crippen LogP) is 1.31. The summed E-state index contributed by atoms with van der Waals surface area (Å²) in [5, 5.41) is 0. The molecule has 2 heterocycles. The van der Waals surface area contributed by atoms with E-state index in [4.69, 9.17) is 5.73 Å². The van der Waals surface area contributed by atoms with Crippen LogP contribution in [0.3, 0.4) is 0 Å². The van der Waals surface area contributed by atoms with Crippen LogP contribution in [-0.2, 0) is 14.8 Å². The van der Waals surface area contributed by atoms with Gasteiger partial charge in [-0.2, -0.15) is 4.31 Å². The minimum Gasteiger partial charge on any atom is -0.370 e. The molecule has 2 rings (SSSR count). The van der Waals surface area contributed by atoms with E-state index in [2.05, 4.69) is 15.9 Å². The molecule has 2 N–H and O–H groups in total. The van der Waals surface area contributed by atoms with Crippen molar-refractivity contribution in [3.05, 3.63) is 14.7 Å². The van der Waals surface area contributed by atoms with Gasteiger partial charge < -0.3 is 5.73 Å². The Hall–Kier alpha value is -0.440. The van der Waals surface area contributed by atoms with Crippen LogP contribution in [0.15, 0.2) is 14.7 Å². The summed E-state index contributed by atoms with van der Waals surface area (Å²) in [5.41, 5.74) is 5.08. The van der Waals surface area contributed by atoms with E-state index in [1.165, 1.54) is 15.6 Å². The number of halogens is 1. The van der Waals surface area contributed by atoms with Gasteiger partial charge in [0.05, 0.1) is 8.68 Å². The molecule has 0 radical (unpaired) electrons. The number of carbonyl (C=O) groups is 1. The summed E-state index contributed by atoms with van der Waals surface area (Å²) >= 11 is 4.68. The molecule has 1 aliphatic rings. The Morgan fingerprint density at radius 1 is 1.61 bits per heavy atom. The smallest absolute Gasteiger partial charge is 0.244 e. The SMILES string of the molecule is Cc1sc(Br)cc1S(=O)(=O)N1CC(CC(N)=O)C1. The van der Waals surface area contributed by atoms with Crippen LogP contribution >= 0.6 is 27.3 Å². The molecule has 0 bridgehead atoms. The Kier molecular flexibility index (Phi) is 3.82. The maximum absolute atomic E-state index is 12.3. The number of hydrogen-bond acceptors (Lipinski definition) is 4. The summed E-state index contributed by atoms with van der Waals surface area (Å²) in [6, 6.07) is 1.62. The zero-order chi connectivity index (χ0) is 13.5. The number of aryl methyl sites for hydroxylation is 1. The second-order valence-corrected chi connectivity index (χ2v) is 8.87. The fourth-order valence-electron chi connectivity index (χ4n) is 1.96. The molecule has 1 fully saturated rings. The maximum Gasteiger partial charge on any atom is 0.244 e. The second kappa shape index (κ2) is 4.92. The van der Waals surface area contributed by atoms with Gasteiger partial charge in [0.25, 0.3) is 0 Å². The Bertz CT molecular complexity index is 576. The van der Waals surface area contributed by atoms with Crippen molar-refractivity contribution >= 4 is 43.2 Å². The number of nitrogens with zero attached hydrogens (tertiary/aromatic N) is 1. The lowest BCUT2D eigenvalue weighted by atomic mass is 9.99. The third-order valence-electron chi connectivity index (χ3n) is 2.87. The fourth-order valence-corrected chi connectivity index (χ4v) is 5.93. The predicted molar refractivity (Wildman–Crippen MR) is 72.8 cm³/mol. The number of sulfonamides is 1. The lowest BCUT2D eigenvalue weighted by molar-refractivity contribution is -0.119. The third-order valence-corrected chi connectivity index (χ3v) is 6.51. The first kappa shape index (κ1) is 14.0. The number of primary amides is 1. The van der Waals surface area contributed by atoms with Gasteiger partial charge in [-0.25, -0.2) is 8.42 Å². The summed E-state index contributed by atoms with van der Waals surface area (Å²) in [6.45, 7) is 2.53. The number of nitrogens with two attached hydrogens (primary N) is 1. The molecule has 0 unspecified atom stereocenters. The van der Waals surface area contributed by atoms with Gasteiger partial charge in [-0.05, 0) is 34.8 Å². The molecular formula is C10H13BrN2O3S2. The monoisotopic (exact) mass is 352 g/mol.